The number of amides is 1. The SMILES string of the molecule is NNC(=O)CCn1cc([N+](=O)[O-])cc(Br)c1=O. The number of pyridine rings is 1. The normalized spacial score (nSPS) is 10.0. The minimum absolute atomic E-state index is 0.0160. The molecular formula is C8H9BrN4O4. The Balaban J connectivity index is 3.02. The molecule has 1 rings (SSSR count). The Morgan fingerprint density at radius 3 is 2.82 bits per heavy atom. The maximum Gasteiger partial charge on any atom is 0.286 e. The smallest absolute Gasteiger partial charge is 0.286 e. The zero-order chi connectivity index (χ0) is 13.0. The number of halogens is 1. The number of nitro groups is 1. The molecule has 0 aliphatic rings. The van der Waals surface area contributed by atoms with Crippen molar-refractivity contribution in [1.82, 2.24) is 9.99 Å². The first-order valence-corrected chi connectivity index (χ1v) is 5.29. The Morgan fingerprint density at radius 1 is 1.65 bits per heavy atom. The van der Waals surface area contributed by atoms with Crippen LogP contribution >= 0.6 is 15.9 Å². The summed E-state index contributed by atoms with van der Waals surface area (Å²) in [5.74, 6) is 4.42. The Labute approximate surface area is 104 Å². The molecule has 0 aromatic carbocycles. The Bertz CT molecular complexity index is 513. The molecule has 9 heteroatoms. The van der Waals surface area contributed by atoms with E-state index in [-0.39, 0.29) is 23.1 Å². The lowest BCUT2D eigenvalue weighted by Gasteiger charge is -2.05. The largest absolute Gasteiger partial charge is 0.307 e. The van der Waals surface area contributed by atoms with E-state index in [4.69, 9.17) is 5.84 Å². The lowest BCUT2D eigenvalue weighted by molar-refractivity contribution is -0.385. The molecule has 0 fully saturated rings. The summed E-state index contributed by atoms with van der Waals surface area (Å²) in [6.07, 6.45) is 1.04. The molecule has 0 atom stereocenters. The van der Waals surface area contributed by atoms with Crippen LogP contribution in [0.2, 0.25) is 0 Å². The molecule has 0 aliphatic heterocycles. The van der Waals surface area contributed by atoms with Gasteiger partial charge in [0, 0.05) is 19.0 Å². The molecule has 0 aliphatic carbocycles. The topological polar surface area (TPSA) is 120 Å². The van der Waals surface area contributed by atoms with Crippen molar-refractivity contribution in [3.63, 3.8) is 0 Å². The lowest BCUT2D eigenvalue weighted by Crippen LogP contribution is -2.32. The van der Waals surface area contributed by atoms with Crippen LogP contribution in [0.15, 0.2) is 21.5 Å². The fraction of sp³-hybridized carbons (Fsp3) is 0.250. The molecule has 1 amide bonds. The summed E-state index contributed by atoms with van der Waals surface area (Å²) in [5, 5.41) is 10.6. The van der Waals surface area contributed by atoms with Gasteiger partial charge in [-0.2, -0.15) is 0 Å². The fourth-order valence-corrected chi connectivity index (χ4v) is 1.61. The van der Waals surface area contributed by atoms with Crippen LogP contribution < -0.4 is 16.8 Å². The summed E-state index contributed by atoms with van der Waals surface area (Å²) in [6, 6.07) is 1.11. The third-order valence-electron chi connectivity index (χ3n) is 1.98. The van der Waals surface area contributed by atoms with Crippen LogP contribution in [0.5, 0.6) is 0 Å². The predicted octanol–water partition coefficient (Wildman–Crippen LogP) is -0.101. The van der Waals surface area contributed by atoms with E-state index in [1.165, 1.54) is 0 Å². The zero-order valence-corrected chi connectivity index (χ0v) is 10.1. The summed E-state index contributed by atoms with van der Waals surface area (Å²) in [7, 11) is 0. The van der Waals surface area contributed by atoms with E-state index in [1.54, 1.807) is 0 Å². The van der Waals surface area contributed by atoms with E-state index in [0.29, 0.717) is 0 Å². The highest BCUT2D eigenvalue weighted by Crippen LogP contribution is 2.14. The van der Waals surface area contributed by atoms with E-state index >= 15 is 0 Å². The predicted molar refractivity (Wildman–Crippen MR) is 62.0 cm³/mol. The van der Waals surface area contributed by atoms with Crippen LogP contribution in [0.4, 0.5) is 5.69 Å². The minimum Gasteiger partial charge on any atom is -0.307 e. The average molecular weight is 305 g/mol. The van der Waals surface area contributed by atoms with Gasteiger partial charge in [-0.3, -0.25) is 25.1 Å². The van der Waals surface area contributed by atoms with E-state index in [1.807, 2.05) is 5.43 Å². The van der Waals surface area contributed by atoms with Crippen LogP contribution in [0.25, 0.3) is 0 Å². The van der Waals surface area contributed by atoms with Crippen molar-refractivity contribution in [2.24, 2.45) is 5.84 Å². The second-order valence-electron chi connectivity index (χ2n) is 3.12. The van der Waals surface area contributed by atoms with Crippen LogP contribution in [-0.2, 0) is 11.3 Å². The number of nitrogens with zero attached hydrogens (tertiary/aromatic N) is 2. The van der Waals surface area contributed by atoms with Crippen LogP contribution in [0.3, 0.4) is 0 Å². The lowest BCUT2D eigenvalue weighted by atomic mass is 10.3. The molecular weight excluding hydrogens is 296 g/mol. The monoisotopic (exact) mass is 304 g/mol. The molecule has 0 radical (unpaired) electrons. The van der Waals surface area contributed by atoms with Gasteiger partial charge in [0.1, 0.15) is 0 Å². The minimum atomic E-state index is -0.621. The number of nitrogens with one attached hydrogen (secondary N) is 1. The summed E-state index contributed by atoms with van der Waals surface area (Å²) < 4.78 is 1.15. The Kier molecular flexibility index (Phi) is 4.35. The summed E-state index contributed by atoms with van der Waals surface area (Å²) in [5.41, 5.74) is 1.23. The number of carbonyl (C=O) groups excluding carboxylic acids is 1. The fourth-order valence-electron chi connectivity index (χ4n) is 1.14. The number of nitrogens with two attached hydrogens (primary N) is 1. The second kappa shape index (κ2) is 5.55. The third-order valence-corrected chi connectivity index (χ3v) is 2.55. The van der Waals surface area contributed by atoms with Gasteiger partial charge in [0.25, 0.3) is 11.2 Å². The molecule has 0 saturated heterocycles. The second-order valence-corrected chi connectivity index (χ2v) is 3.97. The standard InChI is InChI=1S/C8H9BrN4O4/c9-6-3-5(13(16)17)4-12(8(6)15)2-1-7(14)11-10/h3-4H,1-2,10H2,(H,11,14). The number of aryl methyl sites for hydroxylation is 1. The summed E-state index contributed by atoms with van der Waals surface area (Å²) in [6.45, 7) is 0.0160. The number of hydrogen-bond acceptors (Lipinski definition) is 5. The molecule has 0 bridgehead atoms. The highest BCUT2D eigenvalue weighted by Gasteiger charge is 2.12. The maximum absolute atomic E-state index is 11.6. The molecule has 17 heavy (non-hydrogen) atoms. The van der Waals surface area contributed by atoms with Crippen molar-refractivity contribution < 1.29 is 9.72 Å². The van der Waals surface area contributed by atoms with Crippen molar-refractivity contribution in [1.29, 1.82) is 0 Å². The first-order valence-electron chi connectivity index (χ1n) is 4.49. The summed E-state index contributed by atoms with van der Waals surface area (Å²) >= 11 is 2.93. The van der Waals surface area contributed by atoms with E-state index < -0.39 is 16.4 Å². The van der Waals surface area contributed by atoms with Gasteiger partial charge in [-0.1, -0.05) is 0 Å². The van der Waals surface area contributed by atoms with Crippen LogP contribution in [0.1, 0.15) is 6.42 Å². The van der Waals surface area contributed by atoms with Crippen molar-refractivity contribution in [2.75, 3.05) is 0 Å². The van der Waals surface area contributed by atoms with Gasteiger partial charge in [0.05, 0.1) is 15.6 Å². The first kappa shape index (κ1) is 13.3. The van der Waals surface area contributed by atoms with Crippen LogP contribution in [-0.4, -0.2) is 15.4 Å². The van der Waals surface area contributed by atoms with Crippen molar-refractivity contribution in [3.05, 3.63) is 37.2 Å². The molecule has 1 heterocycles. The van der Waals surface area contributed by atoms with Gasteiger partial charge in [0.2, 0.25) is 5.91 Å². The number of rotatable bonds is 4. The Morgan fingerprint density at radius 2 is 2.29 bits per heavy atom. The highest BCUT2D eigenvalue weighted by atomic mass is 79.9. The van der Waals surface area contributed by atoms with Crippen molar-refractivity contribution in [3.8, 4) is 0 Å². The van der Waals surface area contributed by atoms with Crippen molar-refractivity contribution >= 4 is 27.5 Å². The van der Waals surface area contributed by atoms with E-state index in [9.17, 15) is 19.7 Å². The number of carbonyl (C=O) groups is 1. The van der Waals surface area contributed by atoms with Gasteiger partial charge in [-0.15, -0.1) is 0 Å². The summed E-state index contributed by atoms with van der Waals surface area (Å²) in [4.78, 5) is 32.4. The first-order chi connectivity index (χ1) is 7.95. The van der Waals surface area contributed by atoms with E-state index in [0.717, 1.165) is 16.8 Å². The molecule has 1 aromatic heterocycles. The molecule has 0 spiro atoms. The van der Waals surface area contributed by atoms with Gasteiger partial charge in [-0.25, -0.2) is 5.84 Å². The highest BCUT2D eigenvalue weighted by molar-refractivity contribution is 9.10. The molecule has 1 aromatic rings. The average Bonchev–Trinajstić information content (AvgIpc) is 2.30. The molecule has 92 valence electrons. The molecule has 0 saturated carbocycles. The number of aromatic nitrogens is 1. The third kappa shape index (κ3) is 3.36. The molecule has 8 nitrogen and oxygen atoms in total. The molecule has 0 unspecified atom stereocenters. The number of hydrazine groups is 1. The quantitative estimate of drug-likeness (QED) is 0.348. The van der Waals surface area contributed by atoms with Gasteiger partial charge >= 0.3 is 0 Å². The molecule has 3 N–H and O–H groups in total. The van der Waals surface area contributed by atoms with Crippen LogP contribution in [0, 0.1) is 10.1 Å². The number of hydrogen-bond donors (Lipinski definition) is 2. The van der Waals surface area contributed by atoms with Gasteiger partial charge in [-0.05, 0) is 15.9 Å². The Hall–Kier alpha value is -1.74. The zero-order valence-electron chi connectivity index (χ0n) is 8.55. The van der Waals surface area contributed by atoms with E-state index in [2.05, 4.69) is 15.9 Å². The van der Waals surface area contributed by atoms with Crippen molar-refractivity contribution in [2.45, 2.75) is 13.0 Å². The van der Waals surface area contributed by atoms with Gasteiger partial charge in [0.15, 0.2) is 0 Å². The van der Waals surface area contributed by atoms with Gasteiger partial charge < -0.3 is 4.57 Å². The maximum atomic E-state index is 11.6.